The second-order valence-corrected chi connectivity index (χ2v) is 10.7. The molecule has 3 N–H and O–H groups in total. The Balaban J connectivity index is 1.59. The number of likely N-dealkylation sites (N-methyl/N-ethyl adjacent to an activating group) is 1. The number of nitrogens with one attached hydrogen (secondary N) is 3. The second kappa shape index (κ2) is 13.6. The van der Waals surface area contributed by atoms with Crippen molar-refractivity contribution in [3.63, 3.8) is 0 Å². The number of halogens is 1. The average Bonchev–Trinajstić information content (AvgIpc) is 3.28. The van der Waals surface area contributed by atoms with Crippen LogP contribution in [0, 0.1) is 25.6 Å². The van der Waals surface area contributed by atoms with Gasteiger partial charge in [0, 0.05) is 44.5 Å². The zero-order valence-electron chi connectivity index (χ0n) is 25.1. The van der Waals surface area contributed by atoms with Crippen LogP contribution in [0.4, 0.5) is 31.0 Å². The first-order valence-corrected chi connectivity index (χ1v) is 13.9. The Bertz CT molecular complexity index is 1460. The number of anilines is 3. The Kier molecular flexibility index (Phi) is 9.86. The second-order valence-electron chi connectivity index (χ2n) is 10.7. The number of aromatic nitrogens is 1. The number of urea groups is 2. The van der Waals surface area contributed by atoms with Gasteiger partial charge in [0.2, 0.25) is 0 Å². The van der Waals surface area contributed by atoms with E-state index in [1.165, 1.54) is 29.2 Å². The third kappa shape index (κ3) is 7.60. The summed E-state index contributed by atoms with van der Waals surface area (Å²) in [5.41, 5.74) is 1.90. The molecule has 2 aromatic carbocycles. The van der Waals surface area contributed by atoms with Crippen molar-refractivity contribution in [2.75, 3.05) is 49.8 Å². The Labute approximate surface area is 249 Å². The third-order valence-electron chi connectivity index (χ3n) is 7.31. The summed E-state index contributed by atoms with van der Waals surface area (Å²) in [7, 11) is 3.22. The van der Waals surface area contributed by atoms with Crippen molar-refractivity contribution in [3.8, 4) is 5.75 Å². The first kappa shape index (κ1) is 31.3. The molecule has 1 aliphatic heterocycles. The maximum absolute atomic E-state index is 13.6. The highest BCUT2D eigenvalue weighted by atomic mass is 19.1. The molecule has 43 heavy (non-hydrogen) atoms. The summed E-state index contributed by atoms with van der Waals surface area (Å²) in [5, 5.41) is 12.1. The minimum Gasteiger partial charge on any atom is -0.491 e. The van der Waals surface area contributed by atoms with Crippen LogP contribution >= 0.6 is 0 Å². The van der Waals surface area contributed by atoms with Crippen LogP contribution in [0.5, 0.6) is 5.75 Å². The number of rotatable bonds is 4. The summed E-state index contributed by atoms with van der Waals surface area (Å²) >= 11 is 0. The van der Waals surface area contributed by atoms with Gasteiger partial charge in [-0.2, -0.15) is 0 Å². The largest absolute Gasteiger partial charge is 0.491 e. The van der Waals surface area contributed by atoms with Gasteiger partial charge in [0.05, 0.1) is 17.7 Å². The third-order valence-corrected chi connectivity index (χ3v) is 7.31. The van der Waals surface area contributed by atoms with E-state index in [9.17, 15) is 18.8 Å². The lowest BCUT2D eigenvalue weighted by atomic mass is 10.0. The number of nitrogens with zero attached hydrogens (tertiary/aromatic N) is 3. The molecule has 4 rings (SSSR count). The molecule has 5 amide bonds. The van der Waals surface area contributed by atoms with Crippen LogP contribution in [0.2, 0.25) is 0 Å². The zero-order valence-corrected chi connectivity index (χ0v) is 25.1. The lowest BCUT2D eigenvalue weighted by Gasteiger charge is -2.36. The van der Waals surface area contributed by atoms with Crippen LogP contribution in [-0.2, 0) is 4.74 Å². The smallest absolute Gasteiger partial charge is 0.323 e. The molecule has 12 nitrogen and oxygen atoms in total. The van der Waals surface area contributed by atoms with Gasteiger partial charge in [-0.3, -0.25) is 4.79 Å². The fourth-order valence-corrected chi connectivity index (χ4v) is 4.84. The molecule has 0 saturated heterocycles. The van der Waals surface area contributed by atoms with Gasteiger partial charge in [-0.1, -0.05) is 18.1 Å². The normalized spacial score (nSPS) is 19.4. The topological polar surface area (TPSA) is 138 Å². The highest BCUT2D eigenvalue weighted by Gasteiger charge is 2.31. The molecule has 1 aliphatic rings. The lowest BCUT2D eigenvalue weighted by molar-refractivity contribution is 0.0174. The Hall–Kier alpha value is -4.65. The fourth-order valence-electron chi connectivity index (χ4n) is 4.84. The molecule has 13 heteroatoms. The quantitative estimate of drug-likeness (QED) is 0.380. The van der Waals surface area contributed by atoms with Gasteiger partial charge in [0.25, 0.3) is 5.91 Å². The summed E-state index contributed by atoms with van der Waals surface area (Å²) in [5.74, 6) is -0.194. The number of hydrogen-bond acceptors (Lipinski definition) is 7. The molecule has 3 atom stereocenters. The number of ether oxygens (including phenoxy) is 2. The van der Waals surface area contributed by atoms with Crippen molar-refractivity contribution < 1.29 is 32.8 Å². The van der Waals surface area contributed by atoms with Gasteiger partial charge in [0.1, 0.15) is 29.6 Å². The fraction of sp³-hybridized carbons (Fsp3) is 0.400. The number of carbonyl (C=O) groups excluding carboxylic acids is 3. The lowest BCUT2D eigenvalue weighted by Crippen LogP contribution is -2.50. The van der Waals surface area contributed by atoms with Crippen molar-refractivity contribution in [3.05, 3.63) is 65.3 Å². The SMILES string of the molecule is CO[C@@H]1CN(C)C(=O)c2cc(NC(=O)Nc3cccc(F)c3)ccc2OC[C@@H](C)N(C(=O)Nc2c(C)noc2C)C[C@@H]1C. The molecule has 0 fully saturated rings. The van der Waals surface area contributed by atoms with E-state index in [1.807, 2.05) is 13.8 Å². The van der Waals surface area contributed by atoms with Gasteiger partial charge in [0.15, 0.2) is 5.76 Å². The van der Waals surface area contributed by atoms with Crippen LogP contribution < -0.4 is 20.7 Å². The van der Waals surface area contributed by atoms with Gasteiger partial charge in [-0.15, -0.1) is 0 Å². The van der Waals surface area contributed by atoms with Crippen molar-refractivity contribution in [1.29, 1.82) is 0 Å². The predicted molar refractivity (Wildman–Crippen MR) is 159 cm³/mol. The zero-order chi connectivity index (χ0) is 31.3. The van der Waals surface area contributed by atoms with Crippen LogP contribution in [0.15, 0.2) is 47.0 Å². The molecular formula is C30H37FN6O6. The van der Waals surface area contributed by atoms with E-state index in [4.69, 9.17) is 14.0 Å². The van der Waals surface area contributed by atoms with E-state index in [-0.39, 0.29) is 48.0 Å². The first-order valence-electron chi connectivity index (χ1n) is 13.9. The minimum absolute atomic E-state index is 0.0796. The Morgan fingerprint density at radius 2 is 1.77 bits per heavy atom. The molecule has 3 aromatic rings. The molecule has 0 radical (unpaired) electrons. The maximum atomic E-state index is 13.6. The van der Waals surface area contributed by atoms with Crippen LogP contribution in [0.1, 0.15) is 35.7 Å². The Morgan fingerprint density at radius 1 is 1.05 bits per heavy atom. The molecule has 0 saturated carbocycles. The summed E-state index contributed by atoms with van der Waals surface area (Å²) < 4.78 is 30.6. The first-order chi connectivity index (χ1) is 20.5. The maximum Gasteiger partial charge on any atom is 0.323 e. The molecule has 0 unspecified atom stereocenters. The average molecular weight is 597 g/mol. The molecule has 0 aliphatic carbocycles. The number of hydrogen-bond donors (Lipinski definition) is 3. The van der Waals surface area contributed by atoms with E-state index in [2.05, 4.69) is 21.1 Å². The molecule has 1 aromatic heterocycles. The minimum atomic E-state index is -0.609. The van der Waals surface area contributed by atoms with Crippen molar-refractivity contribution >= 4 is 35.0 Å². The van der Waals surface area contributed by atoms with Gasteiger partial charge < -0.3 is 39.7 Å². The van der Waals surface area contributed by atoms with Crippen molar-refractivity contribution in [2.45, 2.75) is 39.8 Å². The van der Waals surface area contributed by atoms with Crippen LogP contribution in [0.3, 0.4) is 0 Å². The van der Waals surface area contributed by atoms with Crippen LogP contribution in [-0.4, -0.2) is 78.9 Å². The number of carbonyl (C=O) groups is 3. The molecule has 2 heterocycles. The van der Waals surface area contributed by atoms with Gasteiger partial charge in [-0.05, 0) is 57.2 Å². The number of benzene rings is 2. The van der Waals surface area contributed by atoms with Crippen molar-refractivity contribution in [2.24, 2.45) is 5.92 Å². The van der Waals surface area contributed by atoms with E-state index in [1.54, 1.807) is 51.1 Å². The van der Waals surface area contributed by atoms with E-state index >= 15 is 0 Å². The molecular weight excluding hydrogens is 559 g/mol. The molecule has 0 spiro atoms. The molecule has 230 valence electrons. The number of fused-ring (bicyclic) bond motifs is 1. The summed E-state index contributed by atoms with van der Waals surface area (Å²) in [4.78, 5) is 42.9. The molecule has 0 bridgehead atoms. The van der Waals surface area contributed by atoms with E-state index in [0.717, 1.165) is 0 Å². The van der Waals surface area contributed by atoms with Crippen molar-refractivity contribution in [1.82, 2.24) is 15.0 Å². The summed E-state index contributed by atoms with van der Waals surface area (Å²) in [6.45, 7) is 7.92. The number of amides is 5. The number of aryl methyl sites for hydroxylation is 2. The highest BCUT2D eigenvalue weighted by molar-refractivity contribution is 6.02. The monoisotopic (exact) mass is 596 g/mol. The van der Waals surface area contributed by atoms with Gasteiger partial charge >= 0.3 is 12.1 Å². The summed E-state index contributed by atoms with van der Waals surface area (Å²) in [6.07, 6.45) is -0.391. The van der Waals surface area contributed by atoms with Gasteiger partial charge in [-0.25, -0.2) is 14.0 Å². The predicted octanol–water partition coefficient (Wildman–Crippen LogP) is 5.11. The van der Waals surface area contributed by atoms with E-state index in [0.29, 0.717) is 29.4 Å². The van der Waals surface area contributed by atoms with Crippen LogP contribution in [0.25, 0.3) is 0 Å². The van der Waals surface area contributed by atoms with E-state index < -0.39 is 24.0 Å². The highest BCUT2D eigenvalue weighted by Crippen LogP contribution is 2.27. The number of methoxy groups -OCH3 is 1. The summed E-state index contributed by atoms with van der Waals surface area (Å²) in [6, 6.07) is 8.83. The Morgan fingerprint density at radius 3 is 2.42 bits per heavy atom. The standard InChI is InChI=1S/C30H37FN6O6/c1-17-14-37(30(40)34-27-19(3)35-43-20(27)4)18(2)16-42-25-11-10-23(13-24(25)28(38)36(5)15-26(17)41-6)33-29(39)32-22-9-7-8-21(31)12-22/h7-13,17-18,26H,14-16H2,1-6H3,(H,34,40)(H2,32,33,39)/t17-,18+,26+/m0/s1.